The molecule has 0 atom stereocenters. The summed E-state index contributed by atoms with van der Waals surface area (Å²) >= 11 is 5.96. The number of nitro benzene ring substituents is 1. The summed E-state index contributed by atoms with van der Waals surface area (Å²) < 4.78 is 7.01. The molecular weight excluding hydrogens is 384 g/mol. The van der Waals surface area contributed by atoms with Gasteiger partial charge in [-0.2, -0.15) is 5.10 Å². The van der Waals surface area contributed by atoms with Crippen LogP contribution in [-0.2, 0) is 4.79 Å². The van der Waals surface area contributed by atoms with Crippen molar-refractivity contribution in [1.82, 2.24) is 9.78 Å². The van der Waals surface area contributed by atoms with Gasteiger partial charge in [-0.25, -0.2) is 4.68 Å². The van der Waals surface area contributed by atoms with Crippen LogP contribution < -0.4 is 10.1 Å². The first-order chi connectivity index (χ1) is 13.3. The number of halogens is 1. The highest BCUT2D eigenvalue weighted by molar-refractivity contribution is 6.32. The molecule has 8 nitrogen and oxygen atoms in total. The summed E-state index contributed by atoms with van der Waals surface area (Å²) in [4.78, 5) is 22.5. The van der Waals surface area contributed by atoms with Gasteiger partial charge in [0.15, 0.2) is 6.61 Å². The SMILES string of the molecule is Cc1ccc(-n2nc(C)cc2NC(=O)COc2ccc([N+](=O)[O-])cc2Cl)cc1. The van der Waals surface area contributed by atoms with Crippen molar-refractivity contribution in [2.75, 3.05) is 11.9 Å². The molecule has 0 radical (unpaired) electrons. The number of ether oxygens (including phenoxy) is 1. The molecular formula is C19H17ClN4O4. The van der Waals surface area contributed by atoms with Crippen LogP contribution in [0.4, 0.5) is 11.5 Å². The number of hydrogen-bond acceptors (Lipinski definition) is 5. The second kappa shape index (κ2) is 8.10. The predicted molar refractivity (Wildman–Crippen MR) is 105 cm³/mol. The van der Waals surface area contributed by atoms with E-state index in [1.165, 1.54) is 18.2 Å². The number of nitrogens with one attached hydrogen (secondary N) is 1. The van der Waals surface area contributed by atoms with Crippen LogP contribution in [0, 0.1) is 24.0 Å². The van der Waals surface area contributed by atoms with Gasteiger partial charge in [-0.15, -0.1) is 0 Å². The summed E-state index contributed by atoms with van der Waals surface area (Å²) in [6.45, 7) is 3.50. The molecule has 0 saturated heterocycles. The van der Waals surface area contributed by atoms with Crippen molar-refractivity contribution in [3.8, 4) is 11.4 Å². The molecule has 2 aromatic carbocycles. The molecule has 0 aliphatic carbocycles. The Hall–Kier alpha value is -3.39. The Bertz CT molecular complexity index is 1030. The van der Waals surface area contributed by atoms with Crippen molar-refractivity contribution in [3.63, 3.8) is 0 Å². The van der Waals surface area contributed by atoms with E-state index < -0.39 is 10.8 Å². The van der Waals surface area contributed by atoms with E-state index in [0.29, 0.717) is 5.82 Å². The smallest absolute Gasteiger partial charge is 0.271 e. The van der Waals surface area contributed by atoms with Gasteiger partial charge in [-0.1, -0.05) is 29.3 Å². The fraction of sp³-hybridized carbons (Fsp3) is 0.158. The molecule has 28 heavy (non-hydrogen) atoms. The Labute approximate surface area is 165 Å². The Morgan fingerprint density at radius 1 is 1.21 bits per heavy atom. The van der Waals surface area contributed by atoms with Crippen LogP contribution in [0.2, 0.25) is 5.02 Å². The van der Waals surface area contributed by atoms with Gasteiger partial charge < -0.3 is 10.1 Å². The molecule has 0 saturated carbocycles. The number of amides is 1. The second-order valence-corrected chi connectivity index (χ2v) is 6.53. The summed E-state index contributed by atoms with van der Waals surface area (Å²) in [5.74, 6) is 0.276. The van der Waals surface area contributed by atoms with E-state index in [4.69, 9.17) is 16.3 Å². The van der Waals surface area contributed by atoms with Crippen molar-refractivity contribution in [3.05, 3.63) is 74.9 Å². The van der Waals surface area contributed by atoms with Crippen molar-refractivity contribution in [2.45, 2.75) is 13.8 Å². The van der Waals surface area contributed by atoms with Crippen molar-refractivity contribution >= 4 is 29.0 Å². The maximum Gasteiger partial charge on any atom is 0.271 e. The zero-order valence-electron chi connectivity index (χ0n) is 15.2. The van der Waals surface area contributed by atoms with Crippen LogP contribution in [0.1, 0.15) is 11.3 Å². The number of hydrogen-bond donors (Lipinski definition) is 1. The van der Waals surface area contributed by atoms with E-state index in [9.17, 15) is 14.9 Å². The number of non-ortho nitro benzene ring substituents is 1. The molecule has 0 fully saturated rings. The maximum atomic E-state index is 12.3. The van der Waals surface area contributed by atoms with Gasteiger partial charge in [0.05, 0.1) is 21.3 Å². The summed E-state index contributed by atoms with van der Waals surface area (Å²) in [6, 6.07) is 13.3. The zero-order valence-corrected chi connectivity index (χ0v) is 15.9. The number of nitro groups is 1. The summed E-state index contributed by atoms with van der Waals surface area (Å²) in [7, 11) is 0. The van der Waals surface area contributed by atoms with Gasteiger partial charge in [0.1, 0.15) is 11.6 Å². The van der Waals surface area contributed by atoms with E-state index in [1.807, 2.05) is 38.1 Å². The molecule has 9 heteroatoms. The minimum Gasteiger partial charge on any atom is -0.482 e. The second-order valence-electron chi connectivity index (χ2n) is 6.13. The minimum absolute atomic E-state index is 0.0579. The van der Waals surface area contributed by atoms with E-state index in [2.05, 4.69) is 10.4 Å². The Balaban J connectivity index is 1.69. The average Bonchev–Trinajstić information content (AvgIpc) is 3.01. The van der Waals surface area contributed by atoms with Crippen LogP contribution in [0.3, 0.4) is 0 Å². The highest BCUT2D eigenvalue weighted by Gasteiger charge is 2.14. The fourth-order valence-corrected chi connectivity index (χ4v) is 2.74. The molecule has 1 amide bonds. The highest BCUT2D eigenvalue weighted by atomic mass is 35.5. The van der Waals surface area contributed by atoms with Crippen molar-refractivity contribution in [1.29, 1.82) is 0 Å². The number of rotatable bonds is 6. The van der Waals surface area contributed by atoms with E-state index >= 15 is 0 Å². The molecule has 1 heterocycles. The molecule has 0 aliphatic rings. The summed E-state index contributed by atoms with van der Waals surface area (Å²) in [5, 5.41) is 17.9. The number of nitrogens with zero attached hydrogens (tertiary/aromatic N) is 3. The van der Waals surface area contributed by atoms with Crippen LogP contribution in [0.15, 0.2) is 48.5 Å². The Kier molecular flexibility index (Phi) is 5.60. The lowest BCUT2D eigenvalue weighted by Gasteiger charge is -2.10. The number of carbonyl (C=O) groups excluding carboxylic acids is 1. The van der Waals surface area contributed by atoms with Crippen LogP contribution in [-0.4, -0.2) is 27.2 Å². The van der Waals surface area contributed by atoms with E-state index in [-0.39, 0.29) is 23.1 Å². The number of carbonyl (C=O) groups is 1. The number of anilines is 1. The summed E-state index contributed by atoms with van der Waals surface area (Å²) in [5.41, 5.74) is 2.52. The topological polar surface area (TPSA) is 99.3 Å². The molecule has 3 aromatic rings. The normalized spacial score (nSPS) is 10.5. The average molecular weight is 401 g/mol. The van der Waals surface area contributed by atoms with Gasteiger partial charge in [-0.05, 0) is 32.0 Å². The van der Waals surface area contributed by atoms with E-state index in [0.717, 1.165) is 16.9 Å². The number of benzene rings is 2. The van der Waals surface area contributed by atoms with Gasteiger partial charge in [-0.3, -0.25) is 14.9 Å². The Morgan fingerprint density at radius 3 is 2.57 bits per heavy atom. The first kappa shape index (κ1) is 19.4. The molecule has 0 unspecified atom stereocenters. The monoisotopic (exact) mass is 400 g/mol. The third-order valence-electron chi connectivity index (χ3n) is 3.86. The third kappa shape index (κ3) is 4.47. The Morgan fingerprint density at radius 2 is 1.93 bits per heavy atom. The molecule has 0 aliphatic heterocycles. The molecule has 1 aromatic heterocycles. The van der Waals surface area contributed by atoms with Crippen LogP contribution in [0.25, 0.3) is 5.69 Å². The van der Waals surface area contributed by atoms with Gasteiger partial charge >= 0.3 is 0 Å². The summed E-state index contributed by atoms with van der Waals surface area (Å²) in [6.07, 6.45) is 0. The lowest BCUT2D eigenvalue weighted by Crippen LogP contribution is -2.22. The van der Waals surface area contributed by atoms with Crippen molar-refractivity contribution in [2.24, 2.45) is 0 Å². The first-order valence-corrected chi connectivity index (χ1v) is 8.71. The highest BCUT2D eigenvalue weighted by Crippen LogP contribution is 2.28. The van der Waals surface area contributed by atoms with Crippen molar-refractivity contribution < 1.29 is 14.5 Å². The van der Waals surface area contributed by atoms with Gasteiger partial charge in [0.25, 0.3) is 11.6 Å². The number of aryl methyl sites for hydroxylation is 2. The van der Waals surface area contributed by atoms with Gasteiger partial charge in [0, 0.05) is 18.2 Å². The largest absolute Gasteiger partial charge is 0.482 e. The molecule has 1 N–H and O–H groups in total. The standard InChI is InChI=1S/C19H17ClN4O4/c1-12-3-5-14(6-4-12)23-18(9-13(2)22-23)21-19(25)11-28-17-8-7-15(24(26)27)10-16(17)20/h3-10H,11H2,1-2H3,(H,21,25). The predicted octanol–water partition coefficient (Wildman–Crippen LogP) is 4.07. The first-order valence-electron chi connectivity index (χ1n) is 8.34. The molecule has 144 valence electrons. The van der Waals surface area contributed by atoms with E-state index in [1.54, 1.807) is 10.7 Å². The molecule has 3 rings (SSSR count). The third-order valence-corrected chi connectivity index (χ3v) is 4.16. The molecule has 0 bridgehead atoms. The molecule has 0 spiro atoms. The van der Waals surface area contributed by atoms with Gasteiger partial charge in [0.2, 0.25) is 0 Å². The maximum absolute atomic E-state index is 12.3. The lowest BCUT2D eigenvalue weighted by atomic mass is 10.2. The fourth-order valence-electron chi connectivity index (χ4n) is 2.51. The lowest BCUT2D eigenvalue weighted by molar-refractivity contribution is -0.384. The minimum atomic E-state index is -0.559. The zero-order chi connectivity index (χ0) is 20.3. The van der Waals surface area contributed by atoms with Crippen LogP contribution in [0.5, 0.6) is 5.75 Å². The van der Waals surface area contributed by atoms with Crippen LogP contribution >= 0.6 is 11.6 Å². The number of aromatic nitrogens is 2. The quantitative estimate of drug-likeness (QED) is 0.496.